The predicted octanol–water partition coefficient (Wildman–Crippen LogP) is 1.38. The van der Waals surface area contributed by atoms with Gasteiger partial charge in [-0.25, -0.2) is 4.79 Å². The summed E-state index contributed by atoms with van der Waals surface area (Å²) in [6.45, 7) is 1.75. The first kappa shape index (κ1) is 12.2. The monoisotopic (exact) mass is 225 g/mol. The molecule has 5 heteroatoms. The van der Waals surface area contributed by atoms with Crippen LogP contribution in [0, 0.1) is 6.92 Å². The Bertz CT molecular complexity index is 415. The molecule has 0 radical (unpaired) electrons. The molecule has 88 valence electrons. The Morgan fingerprint density at radius 1 is 1.19 bits per heavy atom. The number of methoxy groups -OCH3 is 3. The van der Waals surface area contributed by atoms with E-state index in [0.717, 1.165) is 0 Å². The lowest BCUT2D eigenvalue weighted by Crippen LogP contribution is -2.09. The van der Waals surface area contributed by atoms with Crippen LogP contribution in [0.2, 0.25) is 0 Å². The number of benzene rings is 1. The van der Waals surface area contributed by atoms with Crippen LogP contribution in [0.15, 0.2) is 6.07 Å². The molecule has 0 unspecified atom stereocenters. The van der Waals surface area contributed by atoms with Crippen LogP contribution in [0.4, 0.5) is 5.69 Å². The van der Waals surface area contributed by atoms with Crippen molar-refractivity contribution in [3.63, 3.8) is 0 Å². The van der Waals surface area contributed by atoms with Gasteiger partial charge in [0.2, 0.25) is 0 Å². The summed E-state index contributed by atoms with van der Waals surface area (Å²) >= 11 is 0. The van der Waals surface area contributed by atoms with Crippen LogP contribution < -0.4 is 15.2 Å². The molecule has 0 saturated heterocycles. The molecule has 0 bridgehead atoms. The minimum atomic E-state index is -0.479. The first-order valence-corrected chi connectivity index (χ1v) is 4.66. The van der Waals surface area contributed by atoms with Crippen molar-refractivity contribution in [2.75, 3.05) is 27.1 Å². The number of carbonyl (C=O) groups excluding carboxylic acids is 1. The van der Waals surface area contributed by atoms with Gasteiger partial charge in [-0.05, 0) is 18.6 Å². The third-order valence-corrected chi connectivity index (χ3v) is 2.26. The molecule has 0 saturated carbocycles. The van der Waals surface area contributed by atoms with E-state index in [1.54, 1.807) is 13.0 Å². The van der Waals surface area contributed by atoms with Gasteiger partial charge in [0.1, 0.15) is 5.56 Å². The van der Waals surface area contributed by atoms with E-state index >= 15 is 0 Å². The van der Waals surface area contributed by atoms with E-state index in [1.807, 2.05) is 0 Å². The van der Waals surface area contributed by atoms with Gasteiger partial charge in [-0.1, -0.05) is 0 Å². The van der Waals surface area contributed by atoms with Gasteiger partial charge in [-0.2, -0.15) is 0 Å². The fraction of sp³-hybridized carbons (Fsp3) is 0.364. The van der Waals surface area contributed by atoms with E-state index in [2.05, 4.69) is 4.74 Å². The Morgan fingerprint density at radius 2 is 1.75 bits per heavy atom. The topological polar surface area (TPSA) is 70.8 Å². The average molecular weight is 225 g/mol. The standard InChI is InChI=1S/C11H15NO4/c1-6-5-7(12)9(14-2)10(15-3)8(6)11(13)16-4/h5H,12H2,1-4H3. The largest absolute Gasteiger partial charge is 0.492 e. The Kier molecular flexibility index (Phi) is 3.60. The summed E-state index contributed by atoms with van der Waals surface area (Å²) in [4.78, 5) is 11.6. The molecule has 0 aliphatic rings. The molecule has 0 heterocycles. The molecule has 0 fully saturated rings. The smallest absolute Gasteiger partial charge is 0.342 e. The van der Waals surface area contributed by atoms with Gasteiger partial charge in [0.05, 0.1) is 27.0 Å². The first-order valence-electron chi connectivity index (χ1n) is 4.66. The molecule has 0 aliphatic heterocycles. The summed E-state index contributed by atoms with van der Waals surface area (Å²) in [5.41, 5.74) is 7.19. The minimum Gasteiger partial charge on any atom is -0.492 e. The van der Waals surface area contributed by atoms with Gasteiger partial charge < -0.3 is 19.9 Å². The highest BCUT2D eigenvalue weighted by atomic mass is 16.5. The summed E-state index contributed by atoms with van der Waals surface area (Å²) in [5, 5.41) is 0. The summed E-state index contributed by atoms with van der Waals surface area (Å²) in [6, 6.07) is 1.65. The number of anilines is 1. The highest BCUT2D eigenvalue weighted by Gasteiger charge is 2.22. The molecule has 1 rings (SSSR count). The van der Waals surface area contributed by atoms with Crippen LogP contribution in [-0.4, -0.2) is 27.3 Å². The second kappa shape index (κ2) is 4.74. The van der Waals surface area contributed by atoms with E-state index in [-0.39, 0.29) is 0 Å². The zero-order valence-corrected chi connectivity index (χ0v) is 9.79. The molecular weight excluding hydrogens is 210 g/mol. The number of nitrogen functional groups attached to an aromatic ring is 1. The van der Waals surface area contributed by atoms with Gasteiger partial charge in [0, 0.05) is 0 Å². The number of carbonyl (C=O) groups is 1. The van der Waals surface area contributed by atoms with Crippen LogP contribution in [-0.2, 0) is 4.74 Å². The fourth-order valence-electron chi connectivity index (χ4n) is 1.56. The van der Waals surface area contributed by atoms with Crippen LogP contribution in [0.25, 0.3) is 0 Å². The molecule has 1 aromatic rings. The minimum absolute atomic E-state index is 0.298. The molecule has 16 heavy (non-hydrogen) atoms. The third-order valence-electron chi connectivity index (χ3n) is 2.26. The maximum atomic E-state index is 11.6. The maximum Gasteiger partial charge on any atom is 0.342 e. The molecule has 2 N–H and O–H groups in total. The number of aryl methyl sites for hydroxylation is 1. The Balaban J connectivity index is 3.52. The number of hydrogen-bond acceptors (Lipinski definition) is 5. The van der Waals surface area contributed by atoms with Crippen molar-refractivity contribution in [1.82, 2.24) is 0 Å². The second-order valence-electron chi connectivity index (χ2n) is 3.22. The molecule has 0 atom stereocenters. The van der Waals surface area contributed by atoms with E-state index < -0.39 is 5.97 Å². The Labute approximate surface area is 94.1 Å². The molecule has 0 aromatic heterocycles. The highest BCUT2D eigenvalue weighted by Crippen LogP contribution is 2.38. The van der Waals surface area contributed by atoms with Gasteiger partial charge in [0.15, 0.2) is 11.5 Å². The van der Waals surface area contributed by atoms with Crippen molar-refractivity contribution in [2.24, 2.45) is 0 Å². The van der Waals surface area contributed by atoms with Gasteiger partial charge in [-0.15, -0.1) is 0 Å². The van der Waals surface area contributed by atoms with Crippen molar-refractivity contribution >= 4 is 11.7 Å². The molecule has 0 amide bonds. The van der Waals surface area contributed by atoms with E-state index in [9.17, 15) is 4.79 Å². The van der Waals surface area contributed by atoms with Crippen molar-refractivity contribution in [1.29, 1.82) is 0 Å². The quantitative estimate of drug-likeness (QED) is 0.621. The lowest BCUT2D eigenvalue weighted by molar-refractivity contribution is 0.0595. The predicted molar refractivity (Wildman–Crippen MR) is 60.0 cm³/mol. The van der Waals surface area contributed by atoms with Crippen LogP contribution in [0.5, 0.6) is 11.5 Å². The molecule has 1 aromatic carbocycles. The van der Waals surface area contributed by atoms with Gasteiger partial charge >= 0.3 is 5.97 Å². The summed E-state index contributed by atoms with van der Waals surface area (Å²) in [5.74, 6) is 0.160. The number of hydrogen-bond donors (Lipinski definition) is 1. The van der Waals surface area contributed by atoms with E-state index in [4.69, 9.17) is 15.2 Å². The SMILES string of the molecule is COC(=O)c1c(C)cc(N)c(OC)c1OC. The van der Waals surface area contributed by atoms with E-state index in [0.29, 0.717) is 28.3 Å². The second-order valence-corrected chi connectivity index (χ2v) is 3.22. The van der Waals surface area contributed by atoms with E-state index in [1.165, 1.54) is 21.3 Å². The normalized spacial score (nSPS) is 9.75. The summed E-state index contributed by atoms with van der Waals surface area (Å²) in [7, 11) is 4.22. The Hall–Kier alpha value is -1.91. The molecular formula is C11H15NO4. The van der Waals surface area contributed by atoms with Crippen LogP contribution >= 0.6 is 0 Å². The van der Waals surface area contributed by atoms with Gasteiger partial charge in [0.25, 0.3) is 0 Å². The maximum absolute atomic E-state index is 11.6. The lowest BCUT2D eigenvalue weighted by Gasteiger charge is -2.15. The molecule has 0 aliphatic carbocycles. The van der Waals surface area contributed by atoms with Gasteiger partial charge in [-0.3, -0.25) is 0 Å². The van der Waals surface area contributed by atoms with Crippen LogP contribution in [0.1, 0.15) is 15.9 Å². The fourth-order valence-corrected chi connectivity index (χ4v) is 1.56. The zero-order valence-electron chi connectivity index (χ0n) is 9.79. The average Bonchev–Trinajstić information content (AvgIpc) is 2.27. The number of esters is 1. The van der Waals surface area contributed by atoms with Crippen LogP contribution in [0.3, 0.4) is 0 Å². The third kappa shape index (κ3) is 1.88. The lowest BCUT2D eigenvalue weighted by atomic mass is 10.1. The first-order chi connectivity index (χ1) is 7.56. The zero-order chi connectivity index (χ0) is 12.3. The Morgan fingerprint density at radius 3 is 2.19 bits per heavy atom. The number of ether oxygens (including phenoxy) is 3. The summed E-state index contributed by atoms with van der Waals surface area (Å²) in [6.07, 6.45) is 0. The van der Waals surface area contributed by atoms with Crippen molar-refractivity contribution in [3.8, 4) is 11.5 Å². The van der Waals surface area contributed by atoms with Crippen molar-refractivity contribution in [3.05, 3.63) is 17.2 Å². The highest BCUT2D eigenvalue weighted by molar-refractivity contribution is 5.96. The molecule has 0 spiro atoms. The van der Waals surface area contributed by atoms with Crippen molar-refractivity contribution in [2.45, 2.75) is 6.92 Å². The van der Waals surface area contributed by atoms with Crippen molar-refractivity contribution < 1.29 is 19.0 Å². The number of nitrogens with two attached hydrogens (primary N) is 1. The molecule has 5 nitrogen and oxygen atoms in total. The summed E-state index contributed by atoms with van der Waals surface area (Å²) < 4.78 is 14.9. The number of rotatable bonds is 3.